The molecule has 0 saturated heterocycles. The summed E-state index contributed by atoms with van der Waals surface area (Å²) in [7, 11) is 0. The molecular formula is C18H21N3O3. The first-order chi connectivity index (χ1) is 11.5. The average molecular weight is 327 g/mol. The summed E-state index contributed by atoms with van der Waals surface area (Å²) >= 11 is 0. The standard InChI is InChI=1S/C18H21N3O3/c1-18(21-17(23)24,13-15-9-5-6-11-19-15)16(22)20-12-10-14-7-3-2-4-8-14/h2-9,11,21H,10,12-13H2,1H3,(H,20,22)(H,23,24). The zero-order valence-electron chi connectivity index (χ0n) is 13.5. The van der Waals surface area contributed by atoms with Crippen LogP contribution in [0.15, 0.2) is 54.7 Å². The van der Waals surface area contributed by atoms with Crippen LogP contribution in [0.3, 0.4) is 0 Å². The summed E-state index contributed by atoms with van der Waals surface area (Å²) in [4.78, 5) is 27.8. The van der Waals surface area contributed by atoms with E-state index in [0.29, 0.717) is 18.7 Å². The Morgan fingerprint density at radius 2 is 1.83 bits per heavy atom. The Labute approximate surface area is 140 Å². The summed E-state index contributed by atoms with van der Waals surface area (Å²) in [6, 6.07) is 15.1. The SMILES string of the molecule is CC(Cc1ccccn1)(NC(=O)O)C(=O)NCCc1ccccc1. The fraction of sp³-hybridized carbons (Fsp3) is 0.278. The van der Waals surface area contributed by atoms with Crippen molar-refractivity contribution in [1.29, 1.82) is 0 Å². The lowest BCUT2D eigenvalue weighted by molar-refractivity contribution is -0.126. The summed E-state index contributed by atoms with van der Waals surface area (Å²) in [5, 5.41) is 14.2. The van der Waals surface area contributed by atoms with E-state index in [1.807, 2.05) is 30.3 Å². The molecule has 0 saturated carbocycles. The van der Waals surface area contributed by atoms with Gasteiger partial charge in [-0.2, -0.15) is 0 Å². The molecule has 2 amide bonds. The monoisotopic (exact) mass is 327 g/mol. The predicted molar refractivity (Wildman–Crippen MR) is 90.7 cm³/mol. The number of carbonyl (C=O) groups is 2. The van der Waals surface area contributed by atoms with Crippen molar-refractivity contribution >= 4 is 12.0 Å². The minimum Gasteiger partial charge on any atom is -0.465 e. The van der Waals surface area contributed by atoms with Crippen LogP contribution in [-0.4, -0.2) is 34.2 Å². The fourth-order valence-electron chi connectivity index (χ4n) is 2.44. The first-order valence-electron chi connectivity index (χ1n) is 7.73. The molecule has 1 heterocycles. The number of amides is 2. The van der Waals surface area contributed by atoms with E-state index in [9.17, 15) is 9.59 Å². The highest BCUT2D eigenvalue weighted by atomic mass is 16.4. The van der Waals surface area contributed by atoms with Crippen LogP contribution in [0.5, 0.6) is 0 Å². The van der Waals surface area contributed by atoms with E-state index in [2.05, 4.69) is 15.6 Å². The van der Waals surface area contributed by atoms with Crippen LogP contribution in [-0.2, 0) is 17.6 Å². The Balaban J connectivity index is 2.00. The highest BCUT2D eigenvalue weighted by molar-refractivity contribution is 5.89. The zero-order valence-corrected chi connectivity index (χ0v) is 13.5. The van der Waals surface area contributed by atoms with Crippen LogP contribution in [0.2, 0.25) is 0 Å². The molecule has 3 N–H and O–H groups in total. The normalized spacial score (nSPS) is 12.9. The highest BCUT2D eigenvalue weighted by Gasteiger charge is 2.35. The van der Waals surface area contributed by atoms with Crippen molar-refractivity contribution in [3.8, 4) is 0 Å². The van der Waals surface area contributed by atoms with Crippen molar-refractivity contribution in [2.24, 2.45) is 0 Å². The number of benzene rings is 1. The molecule has 0 radical (unpaired) electrons. The molecule has 1 unspecified atom stereocenters. The molecule has 0 bridgehead atoms. The molecule has 0 aliphatic rings. The van der Waals surface area contributed by atoms with Crippen LogP contribution < -0.4 is 10.6 Å². The van der Waals surface area contributed by atoms with Gasteiger partial charge in [0.15, 0.2) is 0 Å². The van der Waals surface area contributed by atoms with Gasteiger partial charge in [0.2, 0.25) is 5.91 Å². The van der Waals surface area contributed by atoms with Crippen molar-refractivity contribution in [3.05, 3.63) is 66.0 Å². The topological polar surface area (TPSA) is 91.3 Å². The van der Waals surface area contributed by atoms with Crippen LogP contribution in [0.25, 0.3) is 0 Å². The summed E-state index contributed by atoms with van der Waals surface area (Å²) in [5.74, 6) is -0.369. The van der Waals surface area contributed by atoms with Gasteiger partial charge in [0, 0.05) is 24.9 Å². The van der Waals surface area contributed by atoms with E-state index in [1.165, 1.54) is 0 Å². The van der Waals surface area contributed by atoms with Crippen molar-refractivity contribution < 1.29 is 14.7 Å². The van der Waals surface area contributed by atoms with Gasteiger partial charge in [-0.25, -0.2) is 4.79 Å². The molecule has 6 heteroatoms. The number of hydrogen-bond acceptors (Lipinski definition) is 3. The van der Waals surface area contributed by atoms with E-state index in [1.54, 1.807) is 31.3 Å². The number of nitrogens with zero attached hydrogens (tertiary/aromatic N) is 1. The predicted octanol–water partition coefficient (Wildman–Crippen LogP) is 2.01. The Hall–Kier alpha value is -2.89. The van der Waals surface area contributed by atoms with Gasteiger partial charge in [-0.05, 0) is 31.0 Å². The largest absolute Gasteiger partial charge is 0.465 e. The second-order valence-electron chi connectivity index (χ2n) is 5.75. The van der Waals surface area contributed by atoms with Crippen molar-refractivity contribution in [1.82, 2.24) is 15.6 Å². The number of rotatable bonds is 7. The third-order valence-corrected chi connectivity index (χ3v) is 3.69. The molecule has 24 heavy (non-hydrogen) atoms. The number of carbonyl (C=O) groups excluding carboxylic acids is 1. The van der Waals surface area contributed by atoms with Gasteiger partial charge in [-0.1, -0.05) is 36.4 Å². The molecule has 0 aliphatic carbocycles. The smallest absolute Gasteiger partial charge is 0.405 e. The molecule has 1 aromatic carbocycles. The molecule has 1 aromatic heterocycles. The van der Waals surface area contributed by atoms with Crippen LogP contribution in [0.1, 0.15) is 18.2 Å². The minimum atomic E-state index is -1.28. The maximum Gasteiger partial charge on any atom is 0.405 e. The third-order valence-electron chi connectivity index (χ3n) is 3.69. The molecule has 126 valence electrons. The molecule has 0 aliphatic heterocycles. The van der Waals surface area contributed by atoms with E-state index >= 15 is 0 Å². The molecule has 2 aromatic rings. The van der Waals surface area contributed by atoms with Gasteiger partial charge >= 0.3 is 6.09 Å². The van der Waals surface area contributed by atoms with E-state index in [4.69, 9.17) is 5.11 Å². The maximum atomic E-state index is 12.5. The van der Waals surface area contributed by atoms with Gasteiger partial charge in [0.25, 0.3) is 0 Å². The molecule has 0 fully saturated rings. The van der Waals surface area contributed by atoms with Crippen LogP contribution in [0.4, 0.5) is 4.79 Å². The summed E-state index contributed by atoms with van der Waals surface area (Å²) in [5.41, 5.74) is 0.471. The average Bonchev–Trinajstić information content (AvgIpc) is 2.56. The lowest BCUT2D eigenvalue weighted by atomic mass is 9.94. The molecular weight excluding hydrogens is 306 g/mol. The second-order valence-corrected chi connectivity index (χ2v) is 5.75. The molecule has 6 nitrogen and oxygen atoms in total. The Morgan fingerprint density at radius 1 is 1.12 bits per heavy atom. The van der Waals surface area contributed by atoms with Gasteiger partial charge in [0.1, 0.15) is 5.54 Å². The molecule has 0 spiro atoms. The van der Waals surface area contributed by atoms with Crippen molar-refractivity contribution in [2.45, 2.75) is 25.3 Å². The number of pyridine rings is 1. The summed E-state index contributed by atoms with van der Waals surface area (Å²) < 4.78 is 0. The number of nitrogens with one attached hydrogen (secondary N) is 2. The summed E-state index contributed by atoms with van der Waals surface area (Å²) in [6.45, 7) is 2.00. The van der Waals surface area contributed by atoms with Crippen molar-refractivity contribution in [2.75, 3.05) is 6.54 Å². The first kappa shape index (κ1) is 17.5. The summed E-state index contributed by atoms with van der Waals surface area (Å²) in [6.07, 6.45) is 1.23. The highest BCUT2D eigenvalue weighted by Crippen LogP contribution is 2.12. The van der Waals surface area contributed by atoms with Gasteiger partial charge in [-0.3, -0.25) is 9.78 Å². The number of hydrogen-bond donors (Lipinski definition) is 3. The quantitative estimate of drug-likeness (QED) is 0.725. The first-order valence-corrected chi connectivity index (χ1v) is 7.73. The minimum absolute atomic E-state index is 0.178. The van der Waals surface area contributed by atoms with E-state index in [-0.39, 0.29) is 12.3 Å². The van der Waals surface area contributed by atoms with Crippen LogP contribution >= 0.6 is 0 Å². The van der Waals surface area contributed by atoms with E-state index < -0.39 is 11.6 Å². The Morgan fingerprint density at radius 3 is 2.46 bits per heavy atom. The fourth-order valence-corrected chi connectivity index (χ4v) is 2.44. The lowest BCUT2D eigenvalue weighted by Gasteiger charge is -2.28. The lowest BCUT2D eigenvalue weighted by Crippen LogP contribution is -2.58. The zero-order chi connectivity index (χ0) is 17.4. The van der Waals surface area contributed by atoms with Gasteiger partial charge in [-0.15, -0.1) is 0 Å². The van der Waals surface area contributed by atoms with E-state index in [0.717, 1.165) is 5.56 Å². The molecule has 1 atom stereocenters. The Kier molecular flexibility index (Phi) is 5.89. The van der Waals surface area contributed by atoms with Crippen LogP contribution in [0, 0.1) is 0 Å². The molecule has 2 rings (SSSR count). The van der Waals surface area contributed by atoms with Gasteiger partial charge in [0.05, 0.1) is 0 Å². The number of aromatic nitrogens is 1. The Bertz CT molecular complexity index is 676. The maximum absolute atomic E-state index is 12.5. The number of carboxylic acid groups (broad SMARTS) is 1. The third kappa shape index (κ3) is 5.08. The van der Waals surface area contributed by atoms with Crippen molar-refractivity contribution in [3.63, 3.8) is 0 Å². The van der Waals surface area contributed by atoms with Gasteiger partial charge < -0.3 is 15.7 Å². The second kappa shape index (κ2) is 8.10.